The molecular formula is C40H40F3N7O2S. The first-order valence-electron chi connectivity index (χ1n) is 18.6. The maximum absolute atomic E-state index is 17.8. The molecule has 0 aliphatic carbocycles. The van der Waals surface area contributed by atoms with Crippen LogP contribution in [0.2, 0.25) is 0 Å². The lowest BCUT2D eigenvalue weighted by Gasteiger charge is -2.44. The molecule has 5 fully saturated rings. The average Bonchev–Trinajstić information content (AvgIpc) is 3.84. The van der Waals surface area contributed by atoms with Crippen LogP contribution in [0.3, 0.4) is 0 Å². The highest BCUT2D eigenvalue weighted by atomic mass is 32.2. The first-order valence-corrected chi connectivity index (χ1v) is 19.7. The lowest BCUT2D eigenvalue weighted by molar-refractivity contribution is 0.107. The number of ether oxygens (including phenoxy) is 1. The number of anilines is 1. The number of likely N-dealkylation sites (tertiary alicyclic amines) is 1. The molecular weight excluding hydrogens is 700 g/mol. The van der Waals surface area contributed by atoms with Crippen molar-refractivity contribution in [3.8, 4) is 35.2 Å². The van der Waals surface area contributed by atoms with E-state index in [2.05, 4.69) is 20.6 Å². The Labute approximate surface area is 309 Å². The van der Waals surface area contributed by atoms with Crippen molar-refractivity contribution >= 4 is 50.2 Å². The molecule has 1 unspecified atom stereocenters. The first-order chi connectivity index (χ1) is 25.7. The van der Waals surface area contributed by atoms with Gasteiger partial charge >= 0.3 is 6.01 Å². The van der Waals surface area contributed by atoms with Crippen LogP contribution < -0.4 is 9.64 Å². The molecule has 5 aromatic rings. The molecule has 9 nitrogen and oxygen atoms in total. The average molecular weight is 740 g/mol. The maximum Gasteiger partial charge on any atom is 0.319 e. The molecule has 5 atom stereocenters. The molecule has 1 N–H and O–H groups in total. The molecule has 53 heavy (non-hydrogen) atoms. The third-order valence-corrected chi connectivity index (χ3v) is 13.7. The van der Waals surface area contributed by atoms with E-state index in [4.69, 9.17) is 26.2 Å². The van der Waals surface area contributed by atoms with Crippen LogP contribution in [0.4, 0.5) is 19.0 Å². The fraction of sp³-hybridized carbons (Fsp3) is 0.475. The normalized spacial score (nSPS) is 27.2. The van der Waals surface area contributed by atoms with Crippen LogP contribution in [0.5, 0.6) is 11.8 Å². The standard InChI is InChI=1S/C40H40F3N7O2S/c1-3-28-31(42)8-5-22-13-26(51)14-29(32(22)28)33-35(43)37-34(30-20-47(2)46-36(30)33)38(50-24-6-7-25(50)18-48(17-24)19-27-9-12-53-27)45-39(44-37)52-21-40-10-4-11-49(40)16-23(41)15-40/h1,5,8,13-14,20,23-25,27,51H,4,6-7,9-12,15-19,21H2,2H3/t23-,24-,25+,27?,40+/m1/s1. The predicted octanol–water partition coefficient (Wildman–Crippen LogP) is 6.42. The van der Waals surface area contributed by atoms with Gasteiger partial charge in [0.25, 0.3) is 0 Å². The molecule has 0 saturated carbocycles. The summed E-state index contributed by atoms with van der Waals surface area (Å²) in [6.45, 7) is 4.24. The highest BCUT2D eigenvalue weighted by Crippen LogP contribution is 2.47. The summed E-state index contributed by atoms with van der Waals surface area (Å²) in [5.74, 6) is 2.83. The largest absolute Gasteiger partial charge is 0.508 e. The van der Waals surface area contributed by atoms with Gasteiger partial charge in [-0.05, 0) is 73.6 Å². The van der Waals surface area contributed by atoms with E-state index in [9.17, 15) is 9.50 Å². The third kappa shape index (κ3) is 5.27. The number of rotatable bonds is 7. The number of fused-ring (bicyclic) bond motifs is 7. The van der Waals surface area contributed by atoms with Crippen LogP contribution in [0.25, 0.3) is 43.7 Å². The zero-order valence-corrected chi connectivity index (χ0v) is 30.3. The van der Waals surface area contributed by atoms with E-state index in [1.54, 1.807) is 11.7 Å². The van der Waals surface area contributed by atoms with Gasteiger partial charge in [0, 0.05) is 79.5 Å². The Hall–Kier alpha value is -4.25. The van der Waals surface area contributed by atoms with Gasteiger partial charge in [-0.15, -0.1) is 6.42 Å². The summed E-state index contributed by atoms with van der Waals surface area (Å²) in [5, 5.41) is 18.2. The minimum atomic E-state index is -0.925. The van der Waals surface area contributed by atoms with Crippen LogP contribution in [0, 0.1) is 24.0 Å². The quantitative estimate of drug-likeness (QED) is 0.191. The van der Waals surface area contributed by atoms with Crippen molar-refractivity contribution in [3.63, 3.8) is 0 Å². The second-order valence-electron chi connectivity index (χ2n) is 15.6. The molecule has 0 spiro atoms. The van der Waals surface area contributed by atoms with E-state index < -0.39 is 23.3 Å². The number of aromatic hydroxyl groups is 1. The second kappa shape index (κ2) is 12.4. The zero-order chi connectivity index (χ0) is 36.2. The Bertz CT molecular complexity index is 2350. The Morgan fingerprint density at radius 3 is 2.64 bits per heavy atom. The highest BCUT2D eigenvalue weighted by molar-refractivity contribution is 8.01. The summed E-state index contributed by atoms with van der Waals surface area (Å²) in [6, 6.07) is 6.02. The van der Waals surface area contributed by atoms with E-state index >= 15 is 8.78 Å². The van der Waals surface area contributed by atoms with Crippen molar-refractivity contribution in [2.75, 3.05) is 50.0 Å². The molecule has 7 heterocycles. The molecule has 5 aliphatic heterocycles. The van der Waals surface area contributed by atoms with Gasteiger partial charge in [0.2, 0.25) is 0 Å². The Morgan fingerprint density at radius 2 is 1.89 bits per heavy atom. The summed E-state index contributed by atoms with van der Waals surface area (Å²) < 4.78 is 55.8. The number of thioether (sulfide) groups is 1. The number of nitrogens with zero attached hydrogens (tertiary/aromatic N) is 7. The minimum Gasteiger partial charge on any atom is -0.508 e. The van der Waals surface area contributed by atoms with Gasteiger partial charge in [-0.3, -0.25) is 14.5 Å². The summed E-state index contributed by atoms with van der Waals surface area (Å²) in [4.78, 5) is 17.0. The molecule has 2 aromatic heterocycles. The lowest BCUT2D eigenvalue weighted by atomic mass is 9.91. The van der Waals surface area contributed by atoms with Crippen molar-refractivity contribution in [2.24, 2.45) is 7.05 Å². The van der Waals surface area contributed by atoms with Gasteiger partial charge in [0.15, 0.2) is 5.82 Å². The molecule has 13 heteroatoms. The zero-order valence-electron chi connectivity index (χ0n) is 29.5. The molecule has 2 bridgehead atoms. The number of hydrogen-bond acceptors (Lipinski definition) is 9. The number of alkyl halides is 1. The van der Waals surface area contributed by atoms with E-state index in [0.29, 0.717) is 51.1 Å². The maximum atomic E-state index is 17.8. The Morgan fingerprint density at radius 1 is 1.08 bits per heavy atom. The molecule has 0 radical (unpaired) electrons. The van der Waals surface area contributed by atoms with Crippen LogP contribution in [0.1, 0.15) is 44.1 Å². The van der Waals surface area contributed by atoms with Crippen molar-refractivity contribution in [3.05, 3.63) is 47.7 Å². The summed E-state index contributed by atoms with van der Waals surface area (Å²) in [5.41, 5.74) is 0.138. The van der Waals surface area contributed by atoms with Gasteiger partial charge in [0.1, 0.15) is 41.2 Å². The SMILES string of the molecule is C#Cc1c(F)ccc2cc(O)cc(-c3c(F)c4nc(OC[C@@]56CCCN5C[C@H](F)C6)nc(N5[C@@H]6CC[C@H]5CN(CC5CCS5)C6)c4c4cn(C)nc34)c12. The number of phenolic OH excluding ortho intramolecular Hbond substituents is 1. The van der Waals surface area contributed by atoms with Crippen molar-refractivity contribution in [2.45, 2.75) is 67.6 Å². The van der Waals surface area contributed by atoms with Crippen molar-refractivity contribution < 1.29 is 23.0 Å². The van der Waals surface area contributed by atoms with Gasteiger partial charge < -0.3 is 14.7 Å². The Kier molecular flexibility index (Phi) is 7.80. The van der Waals surface area contributed by atoms with E-state index in [1.165, 1.54) is 36.4 Å². The Balaban J connectivity index is 1.18. The van der Waals surface area contributed by atoms with E-state index in [-0.39, 0.29) is 52.7 Å². The smallest absolute Gasteiger partial charge is 0.319 e. The number of terminal acetylenes is 1. The minimum absolute atomic E-state index is 0.0351. The first kappa shape index (κ1) is 33.3. The van der Waals surface area contributed by atoms with Gasteiger partial charge in [0.05, 0.1) is 16.5 Å². The monoisotopic (exact) mass is 739 g/mol. The second-order valence-corrected chi connectivity index (χ2v) is 17.0. The summed E-state index contributed by atoms with van der Waals surface area (Å²) >= 11 is 2.04. The molecule has 10 rings (SSSR count). The molecule has 5 aliphatic rings. The number of aromatic nitrogens is 4. The number of aryl methyl sites for hydroxylation is 1. The van der Waals surface area contributed by atoms with Crippen LogP contribution in [-0.2, 0) is 7.05 Å². The molecule has 0 amide bonds. The number of phenols is 1. The predicted molar refractivity (Wildman–Crippen MR) is 201 cm³/mol. The van der Waals surface area contributed by atoms with Crippen molar-refractivity contribution in [1.82, 2.24) is 29.5 Å². The number of halogens is 3. The van der Waals surface area contributed by atoms with E-state index in [1.807, 2.05) is 18.0 Å². The highest BCUT2D eigenvalue weighted by Gasteiger charge is 2.50. The van der Waals surface area contributed by atoms with Gasteiger partial charge in [-0.1, -0.05) is 12.0 Å². The topological polar surface area (TPSA) is 82.8 Å². The summed E-state index contributed by atoms with van der Waals surface area (Å²) in [7, 11) is 1.77. The van der Waals surface area contributed by atoms with Crippen LogP contribution in [-0.4, -0.2) is 109 Å². The molecule has 274 valence electrons. The third-order valence-electron chi connectivity index (χ3n) is 12.4. The van der Waals surface area contributed by atoms with E-state index in [0.717, 1.165) is 51.9 Å². The molecule has 3 aromatic carbocycles. The fourth-order valence-corrected chi connectivity index (χ4v) is 10.9. The van der Waals surface area contributed by atoms with Crippen LogP contribution in [0.15, 0.2) is 30.5 Å². The fourth-order valence-electron chi connectivity index (χ4n) is 10.0. The molecule has 5 saturated heterocycles. The van der Waals surface area contributed by atoms with Gasteiger partial charge in [-0.2, -0.15) is 26.8 Å². The van der Waals surface area contributed by atoms with Gasteiger partial charge in [-0.25, -0.2) is 13.2 Å². The number of benzene rings is 3. The van der Waals surface area contributed by atoms with Crippen molar-refractivity contribution in [1.29, 1.82) is 0 Å². The number of piperazine rings is 1. The van der Waals surface area contributed by atoms with Crippen LogP contribution >= 0.6 is 11.8 Å². The number of hydrogen-bond donors (Lipinski definition) is 1. The summed E-state index contributed by atoms with van der Waals surface area (Å²) in [6.07, 6.45) is 12.1. The lowest BCUT2D eigenvalue weighted by Crippen LogP contribution is -2.55.